The lowest BCUT2D eigenvalue weighted by Gasteiger charge is -2.29. The monoisotopic (exact) mass is 368 g/mol. The standard InChI is InChI=1S/C17H25BrN2O2/c1-5-12(3)19-17(22)13(4)20(16(21)6-2)11-14-8-7-9-15(18)10-14/h7-10,12-13H,5-6,11H2,1-4H3,(H,19,22)/t12-,13+/m0/s1. The van der Waals surface area contributed by atoms with Crippen molar-refractivity contribution in [2.45, 2.75) is 59.2 Å². The summed E-state index contributed by atoms with van der Waals surface area (Å²) in [5.74, 6) is -0.127. The van der Waals surface area contributed by atoms with E-state index in [0.717, 1.165) is 16.5 Å². The zero-order valence-corrected chi connectivity index (χ0v) is 15.3. The fourth-order valence-electron chi connectivity index (χ4n) is 2.08. The second-order valence-corrected chi connectivity index (χ2v) is 6.41. The van der Waals surface area contributed by atoms with Crippen LogP contribution in [0.1, 0.15) is 46.1 Å². The highest BCUT2D eigenvalue weighted by molar-refractivity contribution is 9.10. The van der Waals surface area contributed by atoms with E-state index in [0.29, 0.717) is 13.0 Å². The number of halogens is 1. The van der Waals surface area contributed by atoms with Gasteiger partial charge in [0.2, 0.25) is 11.8 Å². The van der Waals surface area contributed by atoms with Crippen LogP contribution >= 0.6 is 15.9 Å². The third-order valence-corrected chi connectivity index (χ3v) is 4.21. The Kier molecular flexibility index (Phi) is 7.59. The first-order valence-corrected chi connectivity index (χ1v) is 8.52. The van der Waals surface area contributed by atoms with E-state index < -0.39 is 6.04 Å². The molecule has 1 N–H and O–H groups in total. The normalized spacial score (nSPS) is 13.3. The van der Waals surface area contributed by atoms with Gasteiger partial charge in [-0.2, -0.15) is 0 Å². The number of hydrogen-bond acceptors (Lipinski definition) is 2. The third-order valence-electron chi connectivity index (χ3n) is 3.71. The van der Waals surface area contributed by atoms with E-state index in [4.69, 9.17) is 0 Å². The average molecular weight is 369 g/mol. The summed E-state index contributed by atoms with van der Waals surface area (Å²) in [7, 11) is 0. The Bertz CT molecular complexity index is 519. The SMILES string of the molecule is CCC(=O)N(Cc1cccc(Br)c1)[C@H](C)C(=O)N[C@@H](C)CC. The molecule has 0 fully saturated rings. The zero-order chi connectivity index (χ0) is 16.7. The molecule has 0 aliphatic rings. The molecule has 0 aliphatic heterocycles. The molecular formula is C17H25BrN2O2. The van der Waals surface area contributed by atoms with E-state index in [1.165, 1.54) is 0 Å². The Morgan fingerprint density at radius 3 is 2.50 bits per heavy atom. The molecule has 4 nitrogen and oxygen atoms in total. The van der Waals surface area contributed by atoms with Gasteiger partial charge in [0.05, 0.1) is 0 Å². The molecule has 0 radical (unpaired) electrons. The molecule has 0 spiro atoms. The lowest BCUT2D eigenvalue weighted by molar-refractivity contribution is -0.140. The van der Waals surface area contributed by atoms with Gasteiger partial charge in [-0.1, -0.05) is 41.9 Å². The van der Waals surface area contributed by atoms with Crippen molar-refractivity contribution in [2.24, 2.45) is 0 Å². The summed E-state index contributed by atoms with van der Waals surface area (Å²) in [5.41, 5.74) is 0.999. The van der Waals surface area contributed by atoms with Crippen molar-refractivity contribution in [3.8, 4) is 0 Å². The van der Waals surface area contributed by atoms with Crippen molar-refractivity contribution >= 4 is 27.7 Å². The molecule has 122 valence electrons. The van der Waals surface area contributed by atoms with Crippen molar-refractivity contribution in [1.29, 1.82) is 0 Å². The Morgan fingerprint density at radius 1 is 1.27 bits per heavy atom. The molecule has 0 unspecified atom stereocenters. The number of carbonyl (C=O) groups is 2. The van der Waals surface area contributed by atoms with Crippen LogP contribution in [-0.2, 0) is 16.1 Å². The third kappa shape index (κ3) is 5.44. The smallest absolute Gasteiger partial charge is 0.242 e. The quantitative estimate of drug-likeness (QED) is 0.800. The number of rotatable bonds is 7. The summed E-state index contributed by atoms with van der Waals surface area (Å²) in [4.78, 5) is 26.2. The number of carbonyl (C=O) groups excluding carboxylic acids is 2. The van der Waals surface area contributed by atoms with Crippen LogP contribution in [-0.4, -0.2) is 28.8 Å². The van der Waals surface area contributed by atoms with Gasteiger partial charge in [-0.05, 0) is 38.0 Å². The highest BCUT2D eigenvalue weighted by Crippen LogP contribution is 2.16. The fraction of sp³-hybridized carbons (Fsp3) is 0.529. The van der Waals surface area contributed by atoms with E-state index in [-0.39, 0.29) is 17.9 Å². The minimum absolute atomic E-state index is 0.0215. The Hall–Kier alpha value is -1.36. The number of nitrogens with zero attached hydrogens (tertiary/aromatic N) is 1. The maximum atomic E-state index is 12.3. The Balaban J connectivity index is 2.88. The summed E-state index contributed by atoms with van der Waals surface area (Å²) in [6.07, 6.45) is 1.25. The van der Waals surface area contributed by atoms with Gasteiger partial charge >= 0.3 is 0 Å². The van der Waals surface area contributed by atoms with E-state index in [9.17, 15) is 9.59 Å². The van der Waals surface area contributed by atoms with E-state index in [1.807, 2.05) is 45.0 Å². The molecule has 0 bridgehead atoms. The predicted octanol–water partition coefficient (Wildman–Crippen LogP) is 3.49. The van der Waals surface area contributed by atoms with Crippen LogP contribution in [0.3, 0.4) is 0 Å². The molecular weight excluding hydrogens is 344 g/mol. The van der Waals surface area contributed by atoms with Crippen LogP contribution in [0.2, 0.25) is 0 Å². The predicted molar refractivity (Wildman–Crippen MR) is 92.3 cm³/mol. The first-order chi connectivity index (χ1) is 10.4. The molecule has 2 amide bonds. The first-order valence-electron chi connectivity index (χ1n) is 7.73. The van der Waals surface area contributed by atoms with E-state index >= 15 is 0 Å². The Morgan fingerprint density at radius 2 is 1.95 bits per heavy atom. The van der Waals surface area contributed by atoms with Crippen LogP contribution in [0.15, 0.2) is 28.7 Å². The summed E-state index contributed by atoms with van der Waals surface area (Å²) >= 11 is 3.43. The summed E-state index contributed by atoms with van der Waals surface area (Å²) in [6.45, 7) is 8.01. The van der Waals surface area contributed by atoms with Gasteiger partial charge in [0, 0.05) is 23.5 Å². The van der Waals surface area contributed by atoms with Gasteiger partial charge in [-0.15, -0.1) is 0 Å². The first kappa shape index (κ1) is 18.7. The van der Waals surface area contributed by atoms with Crippen molar-refractivity contribution in [3.05, 3.63) is 34.3 Å². The van der Waals surface area contributed by atoms with Gasteiger partial charge in [0.1, 0.15) is 6.04 Å². The fourth-order valence-corrected chi connectivity index (χ4v) is 2.53. The molecule has 0 saturated carbocycles. The van der Waals surface area contributed by atoms with Crippen molar-refractivity contribution < 1.29 is 9.59 Å². The molecule has 0 aromatic heterocycles. The molecule has 22 heavy (non-hydrogen) atoms. The lowest BCUT2D eigenvalue weighted by atomic mass is 10.1. The largest absolute Gasteiger partial charge is 0.352 e. The minimum Gasteiger partial charge on any atom is -0.352 e. The van der Waals surface area contributed by atoms with E-state index in [1.54, 1.807) is 11.8 Å². The second-order valence-electron chi connectivity index (χ2n) is 5.50. The van der Waals surface area contributed by atoms with Crippen molar-refractivity contribution in [3.63, 3.8) is 0 Å². The summed E-state index contributed by atoms with van der Waals surface area (Å²) in [5, 5.41) is 2.94. The topological polar surface area (TPSA) is 49.4 Å². The molecule has 1 aromatic carbocycles. The Labute approximate surface area is 141 Å². The highest BCUT2D eigenvalue weighted by atomic mass is 79.9. The van der Waals surface area contributed by atoms with Gasteiger partial charge in [-0.3, -0.25) is 9.59 Å². The van der Waals surface area contributed by atoms with Crippen molar-refractivity contribution in [1.82, 2.24) is 10.2 Å². The lowest BCUT2D eigenvalue weighted by Crippen LogP contribution is -2.49. The van der Waals surface area contributed by atoms with Gasteiger partial charge in [0.15, 0.2) is 0 Å². The number of amides is 2. The maximum Gasteiger partial charge on any atom is 0.242 e. The summed E-state index contributed by atoms with van der Waals surface area (Å²) in [6, 6.07) is 7.42. The number of nitrogens with one attached hydrogen (secondary N) is 1. The molecule has 5 heteroatoms. The molecule has 1 rings (SSSR count). The number of benzene rings is 1. The van der Waals surface area contributed by atoms with Gasteiger partial charge < -0.3 is 10.2 Å². The van der Waals surface area contributed by atoms with E-state index in [2.05, 4.69) is 21.2 Å². The average Bonchev–Trinajstić information content (AvgIpc) is 2.51. The maximum absolute atomic E-state index is 12.3. The van der Waals surface area contributed by atoms with Crippen LogP contribution in [0.5, 0.6) is 0 Å². The molecule has 0 heterocycles. The zero-order valence-electron chi connectivity index (χ0n) is 13.7. The van der Waals surface area contributed by atoms with Crippen LogP contribution in [0, 0.1) is 0 Å². The molecule has 0 saturated heterocycles. The second kappa shape index (κ2) is 8.93. The van der Waals surface area contributed by atoms with Gasteiger partial charge in [-0.25, -0.2) is 0 Å². The van der Waals surface area contributed by atoms with Crippen LogP contribution in [0.25, 0.3) is 0 Å². The molecule has 2 atom stereocenters. The minimum atomic E-state index is -0.486. The number of hydrogen-bond donors (Lipinski definition) is 1. The van der Waals surface area contributed by atoms with Crippen molar-refractivity contribution in [2.75, 3.05) is 0 Å². The highest BCUT2D eigenvalue weighted by Gasteiger charge is 2.25. The van der Waals surface area contributed by atoms with Crippen LogP contribution < -0.4 is 5.32 Å². The van der Waals surface area contributed by atoms with Crippen LogP contribution in [0.4, 0.5) is 0 Å². The molecule has 1 aromatic rings. The molecule has 0 aliphatic carbocycles. The van der Waals surface area contributed by atoms with Gasteiger partial charge in [0.25, 0.3) is 0 Å². The summed E-state index contributed by atoms with van der Waals surface area (Å²) < 4.78 is 0.964.